The van der Waals surface area contributed by atoms with Gasteiger partial charge >= 0.3 is 0 Å². The molecule has 0 aliphatic heterocycles. The lowest BCUT2D eigenvalue weighted by Gasteiger charge is -2.31. The Morgan fingerprint density at radius 1 is 1.32 bits per heavy atom. The van der Waals surface area contributed by atoms with Crippen molar-refractivity contribution < 1.29 is 9.95 Å². The van der Waals surface area contributed by atoms with E-state index in [9.17, 15) is 10.4 Å². The van der Waals surface area contributed by atoms with Gasteiger partial charge in [0.2, 0.25) is 5.54 Å². The molecule has 118 valence electrons. The maximum atomic E-state index is 12.8. The van der Waals surface area contributed by atoms with Gasteiger partial charge in [0.05, 0.1) is 10.6 Å². The fraction of sp³-hybridized carbons (Fsp3) is 0.529. The Morgan fingerprint density at radius 3 is 2.64 bits per heavy atom. The van der Waals surface area contributed by atoms with Gasteiger partial charge in [-0.05, 0) is 35.8 Å². The van der Waals surface area contributed by atoms with E-state index in [2.05, 4.69) is 19.0 Å². The van der Waals surface area contributed by atoms with Gasteiger partial charge in [0.1, 0.15) is 5.71 Å². The van der Waals surface area contributed by atoms with Gasteiger partial charge in [-0.1, -0.05) is 42.7 Å². The third kappa shape index (κ3) is 2.21. The Bertz CT molecular complexity index is 668. The van der Waals surface area contributed by atoms with Crippen molar-refractivity contribution in [1.29, 1.82) is 0 Å². The monoisotopic (exact) mass is 320 g/mol. The molecule has 1 N–H and O–H groups in total. The fourth-order valence-electron chi connectivity index (χ4n) is 3.86. The molecule has 3 rings (SSSR count). The molecule has 3 unspecified atom stereocenters. The summed E-state index contributed by atoms with van der Waals surface area (Å²) in [6.07, 6.45) is 2.89. The molecule has 2 fully saturated rings. The van der Waals surface area contributed by atoms with Crippen molar-refractivity contribution >= 4 is 23.5 Å². The van der Waals surface area contributed by atoms with Crippen LogP contribution in [0.2, 0.25) is 5.02 Å². The van der Waals surface area contributed by atoms with Crippen molar-refractivity contribution in [2.45, 2.75) is 39.2 Å². The second-order valence-electron chi connectivity index (χ2n) is 7.24. The molecule has 5 heteroatoms. The molecular formula is C17H21ClN2O2. The highest BCUT2D eigenvalue weighted by atomic mass is 35.5. The predicted octanol–water partition coefficient (Wildman–Crippen LogP) is 3.92. The minimum Gasteiger partial charge on any atom is -0.623 e. The molecule has 0 bridgehead atoms. The molecule has 2 saturated carbocycles. The average Bonchev–Trinajstić information content (AvgIpc) is 3.00. The highest BCUT2D eigenvalue weighted by Crippen LogP contribution is 2.66. The van der Waals surface area contributed by atoms with Gasteiger partial charge in [-0.15, -0.1) is 0 Å². The second kappa shape index (κ2) is 4.98. The summed E-state index contributed by atoms with van der Waals surface area (Å²) in [6, 6.07) is 7.23. The van der Waals surface area contributed by atoms with Crippen LogP contribution in [0.3, 0.4) is 0 Å². The Morgan fingerprint density at radius 2 is 2.00 bits per heavy atom. The van der Waals surface area contributed by atoms with Gasteiger partial charge in [-0.3, -0.25) is 0 Å². The first-order valence-electron chi connectivity index (χ1n) is 7.58. The molecule has 3 atom stereocenters. The molecule has 1 aromatic rings. The van der Waals surface area contributed by atoms with Crippen LogP contribution in [-0.4, -0.2) is 27.4 Å². The van der Waals surface area contributed by atoms with Crippen molar-refractivity contribution in [1.82, 2.24) is 0 Å². The van der Waals surface area contributed by atoms with E-state index in [1.54, 1.807) is 12.1 Å². The van der Waals surface area contributed by atoms with Crippen LogP contribution in [0.5, 0.6) is 0 Å². The zero-order chi connectivity index (χ0) is 16.1. The quantitative estimate of drug-likeness (QED) is 0.295. The van der Waals surface area contributed by atoms with E-state index in [4.69, 9.17) is 11.6 Å². The van der Waals surface area contributed by atoms with E-state index < -0.39 is 5.54 Å². The van der Waals surface area contributed by atoms with E-state index in [0.29, 0.717) is 41.0 Å². The number of hydrogen-bond acceptors (Lipinski definition) is 3. The first-order valence-corrected chi connectivity index (χ1v) is 7.96. The molecule has 2 aliphatic rings. The lowest BCUT2D eigenvalue weighted by Crippen LogP contribution is -2.48. The van der Waals surface area contributed by atoms with Crippen molar-refractivity contribution in [3.05, 3.63) is 40.1 Å². The van der Waals surface area contributed by atoms with Crippen molar-refractivity contribution in [2.75, 3.05) is 0 Å². The molecule has 0 saturated heterocycles. The largest absolute Gasteiger partial charge is 0.623 e. The number of halogens is 1. The summed E-state index contributed by atoms with van der Waals surface area (Å²) in [4.78, 5) is 0. The summed E-state index contributed by atoms with van der Waals surface area (Å²) in [5.74, 6) is 1.01. The molecule has 0 amide bonds. The van der Waals surface area contributed by atoms with Gasteiger partial charge < -0.3 is 10.4 Å². The first-order chi connectivity index (χ1) is 10.3. The normalized spacial score (nSPS) is 35.3. The number of oxime groups is 1. The van der Waals surface area contributed by atoms with E-state index in [1.165, 1.54) is 6.21 Å². The van der Waals surface area contributed by atoms with E-state index in [1.807, 2.05) is 19.1 Å². The summed E-state index contributed by atoms with van der Waals surface area (Å²) in [5, 5.41) is 26.2. The van der Waals surface area contributed by atoms with Crippen LogP contribution in [0.15, 0.2) is 29.4 Å². The van der Waals surface area contributed by atoms with Crippen molar-refractivity contribution in [3.8, 4) is 0 Å². The number of fused-ring (bicyclic) bond motifs is 1. The number of rotatable bonds is 2. The molecular weight excluding hydrogens is 300 g/mol. The van der Waals surface area contributed by atoms with Crippen LogP contribution >= 0.6 is 11.6 Å². The van der Waals surface area contributed by atoms with E-state index >= 15 is 0 Å². The predicted molar refractivity (Wildman–Crippen MR) is 87.9 cm³/mol. The standard InChI is InChI=1S/C17H21ClN2O2/c1-16(2)12-8-15(19-21)17(3,9-13(12)16)20(22)10-11-6-4-5-7-14(11)18/h4-7,10,12-13,21H,8-9H2,1-3H3/b19-15-,20-10-. The average molecular weight is 321 g/mol. The third-order valence-electron chi connectivity index (χ3n) is 5.71. The van der Waals surface area contributed by atoms with Gasteiger partial charge in [0.25, 0.3) is 0 Å². The minimum absolute atomic E-state index is 0.221. The Labute approximate surface area is 135 Å². The third-order valence-corrected chi connectivity index (χ3v) is 6.05. The molecule has 0 aromatic heterocycles. The smallest absolute Gasteiger partial charge is 0.211 e. The molecule has 1 aromatic carbocycles. The fourth-order valence-corrected chi connectivity index (χ4v) is 4.04. The van der Waals surface area contributed by atoms with E-state index in [-0.39, 0.29) is 5.41 Å². The van der Waals surface area contributed by atoms with Crippen LogP contribution in [-0.2, 0) is 0 Å². The topological polar surface area (TPSA) is 58.7 Å². The highest BCUT2D eigenvalue weighted by molar-refractivity contribution is 6.32. The Hall–Kier alpha value is -1.55. The van der Waals surface area contributed by atoms with Gasteiger partial charge in [-0.2, -0.15) is 0 Å². The zero-order valence-electron chi connectivity index (χ0n) is 13.1. The number of nitrogens with zero attached hydrogens (tertiary/aromatic N) is 2. The number of hydroxylamine groups is 1. The SMILES string of the molecule is CC1(C)C2C/C(=N/O)C(C)(/[N+]([O-])=C/c3ccccc3Cl)CC21. The molecule has 22 heavy (non-hydrogen) atoms. The Balaban J connectivity index is 1.96. The number of benzene rings is 1. The summed E-state index contributed by atoms with van der Waals surface area (Å²) in [6.45, 7) is 6.29. The first kappa shape index (κ1) is 15.3. The van der Waals surface area contributed by atoms with Crippen molar-refractivity contribution in [2.24, 2.45) is 22.4 Å². The van der Waals surface area contributed by atoms with Crippen LogP contribution < -0.4 is 0 Å². The minimum atomic E-state index is -0.817. The maximum Gasteiger partial charge on any atom is 0.211 e. The lowest BCUT2D eigenvalue weighted by atomic mass is 9.81. The summed E-state index contributed by atoms with van der Waals surface area (Å²) < 4.78 is 0.911. The van der Waals surface area contributed by atoms with Gasteiger partial charge in [0, 0.05) is 13.3 Å². The summed E-state index contributed by atoms with van der Waals surface area (Å²) in [7, 11) is 0. The lowest BCUT2D eigenvalue weighted by molar-refractivity contribution is -0.521. The molecule has 0 spiro atoms. The summed E-state index contributed by atoms with van der Waals surface area (Å²) >= 11 is 6.13. The van der Waals surface area contributed by atoms with Crippen LogP contribution in [0.1, 0.15) is 39.2 Å². The molecule has 0 heterocycles. The van der Waals surface area contributed by atoms with Gasteiger partial charge in [-0.25, -0.2) is 4.74 Å². The molecule has 2 aliphatic carbocycles. The van der Waals surface area contributed by atoms with Crippen LogP contribution in [0.4, 0.5) is 0 Å². The maximum absolute atomic E-state index is 12.8. The van der Waals surface area contributed by atoms with Crippen LogP contribution in [0, 0.1) is 22.5 Å². The van der Waals surface area contributed by atoms with Gasteiger partial charge in [0.15, 0.2) is 6.21 Å². The second-order valence-corrected chi connectivity index (χ2v) is 7.65. The number of hydrogen-bond donors (Lipinski definition) is 1. The van der Waals surface area contributed by atoms with Crippen molar-refractivity contribution in [3.63, 3.8) is 0 Å². The highest BCUT2D eigenvalue weighted by Gasteiger charge is 2.66. The molecule has 0 radical (unpaired) electrons. The Kier molecular flexibility index (Phi) is 3.48. The zero-order valence-corrected chi connectivity index (χ0v) is 13.8. The summed E-state index contributed by atoms with van der Waals surface area (Å²) in [5.41, 5.74) is 0.648. The molecule has 4 nitrogen and oxygen atoms in total. The van der Waals surface area contributed by atoms with E-state index in [0.717, 1.165) is 4.74 Å². The van der Waals surface area contributed by atoms with Crippen LogP contribution in [0.25, 0.3) is 0 Å².